The first kappa shape index (κ1) is 33.9. The van der Waals surface area contributed by atoms with Crippen molar-refractivity contribution < 1.29 is 29.3 Å². The number of hydrogen-bond acceptors (Lipinski definition) is 6. The minimum atomic E-state index is -0.870. The van der Waals surface area contributed by atoms with Crippen molar-refractivity contribution in [1.82, 2.24) is 0 Å². The molecular weight excluding hydrogens is 586 g/mol. The van der Waals surface area contributed by atoms with E-state index in [0.29, 0.717) is 29.3 Å². The van der Waals surface area contributed by atoms with Crippen LogP contribution in [0.3, 0.4) is 0 Å². The number of aliphatic hydroxyl groups is 1. The molecule has 1 aromatic rings. The van der Waals surface area contributed by atoms with E-state index in [4.69, 9.17) is 15.2 Å². The van der Waals surface area contributed by atoms with Crippen LogP contribution in [0.25, 0.3) is 0 Å². The van der Waals surface area contributed by atoms with Gasteiger partial charge in [-0.15, -0.1) is 0 Å². The normalized spacial score (nSPS) is 26.8. The van der Waals surface area contributed by atoms with Gasteiger partial charge in [0.15, 0.2) is 0 Å². The molecule has 6 atom stereocenters. The number of halogens is 1. The lowest BCUT2D eigenvalue weighted by Gasteiger charge is -2.28. The summed E-state index contributed by atoms with van der Waals surface area (Å²) >= 11 is 3.34. The van der Waals surface area contributed by atoms with Crippen molar-refractivity contribution in [3.63, 3.8) is 0 Å². The molecule has 41 heavy (non-hydrogen) atoms. The van der Waals surface area contributed by atoms with Crippen molar-refractivity contribution in [3.05, 3.63) is 76.8 Å². The van der Waals surface area contributed by atoms with E-state index >= 15 is 0 Å². The van der Waals surface area contributed by atoms with E-state index in [9.17, 15) is 19.8 Å². The summed E-state index contributed by atoms with van der Waals surface area (Å²) in [4.78, 5) is 23.9. The molecule has 0 aromatic heterocycles. The number of nitrogens with two attached hydrogens (primary N) is 1. The van der Waals surface area contributed by atoms with Crippen LogP contribution < -0.4 is 5.73 Å². The fraction of sp³-hybridized carbons (Fsp3) is 0.455. The van der Waals surface area contributed by atoms with E-state index in [2.05, 4.69) is 27.8 Å². The minimum absolute atomic E-state index is 0.0645. The highest BCUT2D eigenvalue weighted by Gasteiger charge is 2.28. The molecule has 1 amide bonds. The molecule has 0 fully saturated rings. The maximum Gasteiger partial charge on any atom is 0.404 e. The Labute approximate surface area is 252 Å². The molecule has 2 rings (SSSR count). The van der Waals surface area contributed by atoms with Crippen molar-refractivity contribution in [1.29, 1.82) is 0 Å². The topological polar surface area (TPSA) is 119 Å². The van der Waals surface area contributed by atoms with Gasteiger partial charge in [-0.25, -0.2) is 9.59 Å². The molecule has 7 nitrogen and oxygen atoms in total. The Balaban J connectivity index is 2.15. The Morgan fingerprint density at radius 3 is 2.61 bits per heavy atom. The number of benzene rings is 1. The second-order valence-electron chi connectivity index (χ2n) is 11.3. The van der Waals surface area contributed by atoms with Gasteiger partial charge in [0, 0.05) is 17.4 Å². The zero-order valence-electron chi connectivity index (χ0n) is 24.4. The number of allylic oxidation sites excluding steroid dienone is 4. The Bertz CT molecular complexity index is 1220. The number of ether oxygens (including phenoxy) is 2. The Hall–Kier alpha value is -3.28. The van der Waals surface area contributed by atoms with Crippen LogP contribution in [0, 0.1) is 35.0 Å². The number of aliphatic hydroxyl groups excluding tert-OH is 1. The zero-order valence-corrected chi connectivity index (χ0v) is 26.0. The average molecular weight is 629 g/mol. The van der Waals surface area contributed by atoms with Crippen LogP contribution in [-0.4, -0.2) is 34.5 Å². The highest BCUT2D eigenvalue weighted by atomic mass is 79.9. The van der Waals surface area contributed by atoms with Crippen LogP contribution >= 0.6 is 15.9 Å². The summed E-state index contributed by atoms with van der Waals surface area (Å²) < 4.78 is 11.5. The molecule has 0 unspecified atom stereocenters. The second kappa shape index (κ2) is 16.2. The fourth-order valence-electron chi connectivity index (χ4n) is 4.50. The summed E-state index contributed by atoms with van der Waals surface area (Å²) in [6.07, 6.45) is 13.6. The molecule has 1 aliphatic heterocycles. The predicted octanol–water partition coefficient (Wildman–Crippen LogP) is 6.91. The Kier molecular flexibility index (Phi) is 13.4. The summed E-state index contributed by atoms with van der Waals surface area (Å²) in [7, 11) is 0. The average Bonchev–Trinajstić information content (AvgIpc) is 2.88. The third-order valence-electron chi connectivity index (χ3n) is 6.95. The Morgan fingerprint density at radius 1 is 1.20 bits per heavy atom. The lowest BCUT2D eigenvalue weighted by Crippen LogP contribution is -2.26. The number of carbonyl (C=O) groups excluding carboxylic acids is 2. The van der Waals surface area contributed by atoms with E-state index in [1.54, 1.807) is 42.5 Å². The molecule has 1 heterocycles. The quantitative estimate of drug-likeness (QED) is 0.185. The number of aromatic hydroxyl groups is 1. The second-order valence-corrected chi connectivity index (χ2v) is 12.1. The number of cyclic esters (lactones) is 1. The van der Waals surface area contributed by atoms with Gasteiger partial charge >= 0.3 is 12.1 Å². The van der Waals surface area contributed by atoms with E-state index in [1.165, 1.54) is 6.08 Å². The standard InChI is InChI=1S/C33H42BrNO6/c1-22-12-10-16-29(37)41-28(24(3)18-17-23(2)21-25(20-22)40-32(35)39)15-8-6-7-9-19-33(4,5)31(38)26-13-11-14-27(36)30(26)34/h8-11,13-19,22-25,28,31,36,38H,12,20-21H2,1-5H3,(H2,35,39)/b15-8+,16-10-,18-17+,19-9+/t22-,23+,24+,25-,28-,31-/m1/s1. The third kappa shape index (κ3) is 11.6. The third-order valence-corrected chi connectivity index (χ3v) is 7.81. The number of primary amides is 1. The van der Waals surface area contributed by atoms with Crippen molar-refractivity contribution >= 4 is 28.0 Å². The van der Waals surface area contributed by atoms with Crippen LogP contribution in [0.15, 0.2) is 71.3 Å². The number of esters is 1. The fourth-order valence-corrected chi connectivity index (χ4v) is 4.98. The summed E-state index contributed by atoms with van der Waals surface area (Å²) in [6.45, 7) is 9.79. The maximum atomic E-state index is 12.5. The molecule has 222 valence electrons. The highest BCUT2D eigenvalue weighted by Crippen LogP contribution is 2.40. The molecule has 0 saturated carbocycles. The molecule has 0 aliphatic carbocycles. The van der Waals surface area contributed by atoms with Gasteiger partial charge < -0.3 is 25.4 Å². The van der Waals surface area contributed by atoms with E-state index in [0.717, 1.165) is 0 Å². The monoisotopic (exact) mass is 627 g/mol. The summed E-state index contributed by atoms with van der Waals surface area (Å²) in [5.74, 6) is 5.69. The minimum Gasteiger partial charge on any atom is -0.507 e. The molecule has 0 radical (unpaired) electrons. The largest absolute Gasteiger partial charge is 0.507 e. The SMILES string of the molecule is C[C@@H]1C/C=C\C(=O)O[C@H](/C=C/C#C/C=C/C(C)(C)[C@H](O)c2cccc(O)c2Br)[C@@H](C)/C=C/[C@H](C)C[C@H](OC(N)=O)C1. The van der Waals surface area contributed by atoms with Crippen LogP contribution in [-0.2, 0) is 14.3 Å². The first-order valence-corrected chi connectivity index (χ1v) is 14.6. The molecule has 1 aliphatic rings. The number of carbonyl (C=O) groups is 2. The number of rotatable bonds is 5. The zero-order chi connectivity index (χ0) is 30.6. The van der Waals surface area contributed by atoms with Gasteiger partial charge in [0.2, 0.25) is 0 Å². The van der Waals surface area contributed by atoms with Gasteiger partial charge in [-0.1, -0.05) is 82.9 Å². The number of amides is 1. The maximum absolute atomic E-state index is 12.5. The molecular formula is C33H42BrNO6. The number of phenols is 1. The van der Waals surface area contributed by atoms with Crippen LogP contribution in [0.2, 0.25) is 0 Å². The lowest BCUT2D eigenvalue weighted by molar-refractivity contribution is -0.142. The van der Waals surface area contributed by atoms with Crippen LogP contribution in [0.5, 0.6) is 5.75 Å². The van der Waals surface area contributed by atoms with Gasteiger partial charge in [-0.3, -0.25) is 0 Å². The summed E-state index contributed by atoms with van der Waals surface area (Å²) in [6, 6.07) is 4.99. The van der Waals surface area contributed by atoms with Crippen molar-refractivity contribution in [2.45, 2.75) is 72.2 Å². The molecule has 4 N–H and O–H groups in total. The van der Waals surface area contributed by atoms with E-state index in [1.807, 2.05) is 52.8 Å². The van der Waals surface area contributed by atoms with Crippen molar-refractivity contribution in [2.24, 2.45) is 28.9 Å². The van der Waals surface area contributed by atoms with Crippen molar-refractivity contribution in [2.75, 3.05) is 0 Å². The van der Waals surface area contributed by atoms with Gasteiger partial charge in [0.05, 0.1) is 10.6 Å². The van der Waals surface area contributed by atoms with Gasteiger partial charge in [0.1, 0.15) is 18.0 Å². The predicted molar refractivity (Wildman–Crippen MR) is 165 cm³/mol. The summed E-state index contributed by atoms with van der Waals surface area (Å²) in [5, 5.41) is 20.8. The smallest absolute Gasteiger partial charge is 0.404 e. The van der Waals surface area contributed by atoms with Crippen molar-refractivity contribution in [3.8, 4) is 17.6 Å². The highest BCUT2D eigenvalue weighted by molar-refractivity contribution is 9.10. The summed E-state index contributed by atoms with van der Waals surface area (Å²) in [5.41, 5.74) is 5.21. The van der Waals surface area contributed by atoms with Gasteiger partial charge in [-0.2, -0.15) is 0 Å². The molecule has 0 saturated heterocycles. The molecule has 0 bridgehead atoms. The van der Waals surface area contributed by atoms with Crippen LogP contribution in [0.1, 0.15) is 65.5 Å². The van der Waals surface area contributed by atoms with Gasteiger partial charge in [-0.05, 0) is 76.9 Å². The lowest BCUT2D eigenvalue weighted by atomic mass is 9.82. The van der Waals surface area contributed by atoms with Crippen LogP contribution in [0.4, 0.5) is 4.79 Å². The number of phenolic OH excluding ortho intramolecular Hbond substituents is 1. The molecule has 0 spiro atoms. The first-order chi connectivity index (χ1) is 19.3. The molecule has 8 heteroatoms. The number of hydrogen-bond donors (Lipinski definition) is 3. The Morgan fingerprint density at radius 2 is 1.90 bits per heavy atom. The van der Waals surface area contributed by atoms with E-state index < -0.39 is 29.7 Å². The first-order valence-electron chi connectivity index (χ1n) is 13.8. The molecule has 1 aromatic carbocycles. The van der Waals surface area contributed by atoms with E-state index in [-0.39, 0.29) is 29.6 Å². The van der Waals surface area contributed by atoms with Gasteiger partial charge in [0.25, 0.3) is 0 Å².